The quantitative estimate of drug-likeness (QED) is 0.470. The van der Waals surface area contributed by atoms with Crippen molar-refractivity contribution in [3.05, 3.63) is 35.7 Å². The number of hydrogen-bond donors (Lipinski definition) is 2. The lowest BCUT2D eigenvalue weighted by atomic mass is 10.1. The molecule has 10 heteroatoms. The summed E-state index contributed by atoms with van der Waals surface area (Å²) >= 11 is 1.48. The van der Waals surface area contributed by atoms with Crippen molar-refractivity contribution in [2.45, 2.75) is 42.7 Å². The molecule has 2 N–H and O–H groups in total. The number of nitrogens with one attached hydrogen (secondary N) is 2. The Morgan fingerprint density at radius 2 is 1.96 bits per heavy atom. The van der Waals surface area contributed by atoms with Gasteiger partial charge in [0.2, 0.25) is 21.1 Å². The average Bonchev–Trinajstić information content (AvgIpc) is 3.36. The number of carbonyl (C=O) groups is 1. The van der Waals surface area contributed by atoms with E-state index in [1.165, 1.54) is 16.1 Å². The summed E-state index contributed by atoms with van der Waals surface area (Å²) in [6, 6.07) is 6.85. The van der Waals surface area contributed by atoms with Crippen molar-refractivity contribution >= 4 is 27.7 Å². The second kappa shape index (κ2) is 9.53. The Labute approximate surface area is 169 Å². The van der Waals surface area contributed by atoms with Gasteiger partial charge in [-0.1, -0.05) is 23.9 Å². The SMILES string of the molecule is Cc1nc(SCCNC(=O)CCc2ccc(S(=O)(=O)N3CCCC3)cc2)n[nH]1. The Hall–Kier alpha value is -1.91. The van der Waals surface area contributed by atoms with Crippen LogP contribution in [-0.4, -0.2) is 59.2 Å². The maximum Gasteiger partial charge on any atom is 0.243 e. The standard InChI is InChI=1S/C18H25N5O3S2/c1-14-20-18(22-21-14)27-13-10-19-17(24)9-6-15-4-7-16(8-5-15)28(25,26)23-11-2-3-12-23/h4-5,7-8H,2-3,6,9-13H2,1H3,(H,19,24)(H,20,21,22). The minimum atomic E-state index is -3.38. The first-order valence-corrected chi connectivity index (χ1v) is 11.8. The minimum absolute atomic E-state index is 0.0273. The molecular weight excluding hydrogens is 398 g/mol. The monoisotopic (exact) mass is 423 g/mol. The number of carbonyl (C=O) groups excluding carboxylic acids is 1. The van der Waals surface area contributed by atoms with Crippen LogP contribution in [0.3, 0.4) is 0 Å². The van der Waals surface area contributed by atoms with Crippen molar-refractivity contribution in [3.8, 4) is 0 Å². The van der Waals surface area contributed by atoms with Crippen LogP contribution in [0.2, 0.25) is 0 Å². The molecule has 3 rings (SSSR count). The Morgan fingerprint density at radius 3 is 2.61 bits per heavy atom. The molecule has 0 spiro atoms. The summed E-state index contributed by atoms with van der Waals surface area (Å²) in [6.45, 7) is 3.58. The molecule has 1 aromatic carbocycles. The van der Waals surface area contributed by atoms with Gasteiger partial charge in [-0.3, -0.25) is 9.89 Å². The van der Waals surface area contributed by atoms with Gasteiger partial charge in [0.25, 0.3) is 0 Å². The number of aryl methyl sites for hydroxylation is 2. The van der Waals surface area contributed by atoms with Gasteiger partial charge in [-0.25, -0.2) is 13.4 Å². The van der Waals surface area contributed by atoms with Crippen LogP contribution in [-0.2, 0) is 21.2 Å². The summed E-state index contributed by atoms with van der Waals surface area (Å²) in [5.41, 5.74) is 0.945. The van der Waals surface area contributed by atoms with E-state index in [0.717, 1.165) is 24.2 Å². The predicted octanol–water partition coefficient (Wildman–Crippen LogP) is 1.74. The van der Waals surface area contributed by atoms with Crippen molar-refractivity contribution in [2.75, 3.05) is 25.4 Å². The minimum Gasteiger partial charge on any atom is -0.355 e. The van der Waals surface area contributed by atoms with Crippen molar-refractivity contribution < 1.29 is 13.2 Å². The number of sulfonamides is 1. The molecule has 152 valence electrons. The number of aromatic amines is 1. The number of hydrogen-bond acceptors (Lipinski definition) is 6. The fraction of sp³-hybridized carbons (Fsp3) is 0.500. The third-order valence-corrected chi connectivity index (χ3v) is 7.26. The summed E-state index contributed by atoms with van der Waals surface area (Å²) in [7, 11) is -3.38. The second-order valence-electron chi connectivity index (χ2n) is 6.66. The van der Waals surface area contributed by atoms with Crippen LogP contribution in [0.25, 0.3) is 0 Å². The number of thioether (sulfide) groups is 1. The lowest BCUT2D eigenvalue weighted by Gasteiger charge is -2.15. The zero-order chi connectivity index (χ0) is 20.0. The number of H-pyrrole nitrogens is 1. The highest BCUT2D eigenvalue weighted by Crippen LogP contribution is 2.21. The second-order valence-corrected chi connectivity index (χ2v) is 9.66. The van der Waals surface area contributed by atoms with E-state index in [1.807, 2.05) is 6.92 Å². The molecule has 1 fully saturated rings. The smallest absolute Gasteiger partial charge is 0.243 e. The van der Waals surface area contributed by atoms with Crippen molar-refractivity contribution in [2.24, 2.45) is 0 Å². The van der Waals surface area contributed by atoms with Gasteiger partial charge in [0.1, 0.15) is 5.82 Å². The van der Waals surface area contributed by atoms with Crippen LogP contribution in [0.4, 0.5) is 0 Å². The number of benzene rings is 1. The number of rotatable bonds is 9. The van der Waals surface area contributed by atoms with Crippen LogP contribution in [0.5, 0.6) is 0 Å². The normalized spacial score (nSPS) is 15.0. The molecule has 0 radical (unpaired) electrons. The first-order chi connectivity index (χ1) is 13.4. The summed E-state index contributed by atoms with van der Waals surface area (Å²) in [5, 5.41) is 10.4. The third kappa shape index (κ3) is 5.55. The van der Waals surface area contributed by atoms with Crippen LogP contribution in [0, 0.1) is 6.92 Å². The van der Waals surface area contributed by atoms with Gasteiger partial charge in [-0.2, -0.15) is 4.31 Å². The predicted molar refractivity (Wildman–Crippen MR) is 108 cm³/mol. The van der Waals surface area contributed by atoms with Gasteiger partial charge in [-0.15, -0.1) is 5.10 Å². The topological polar surface area (TPSA) is 108 Å². The Bertz CT molecular complexity index is 890. The van der Waals surface area contributed by atoms with E-state index in [1.54, 1.807) is 24.3 Å². The van der Waals surface area contributed by atoms with Gasteiger partial charge in [0, 0.05) is 31.8 Å². The number of amides is 1. The van der Waals surface area contributed by atoms with Gasteiger partial charge >= 0.3 is 0 Å². The summed E-state index contributed by atoms with van der Waals surface area (Å²) in [5.74, 6) is 1.44. The molecule has 8 nitrogen and oxygen atoms in total. The number of nitrogens with zero attached hydrogens (tertiary/aromatic N) is 3. The molecule has 1 aliphatic heterocycles. The van der Waals surface area contributed by atoms with Gasteiger partial charge < -0.3 is 5.32 Å². The highest BCUT2D eigenvalue weighted by Gasteiger charge is 2.26. The fourth-order valence-electron chi connectivity index (χ4n) is 2.97. The first-order valence-electron chi connectivity index (χ1n) is 9.33. The summed E-state index contributed by atoms with van der Waals surface area (Å²) in [6.07, 6.45) is 2.78. The van der Waals surface area contributed by atoms with Gasteiger partial charge in [0.05, 0.1) is 4.90 Å². The first kappa shape index (κ1) is 20.8. The molecule has 0 aliphatic carbocycles. The van der Waals surface area contributed by atoms with E-state index in [2.05, 4.69) is 20.5 Å². The van der Waals surface area contributed by atoms with Crippen LogP contribution in [0.1, 0.15) is 30.7 Å². The number of aromatic nitrogens is 3. The molecule has 28 heavy (non-hydrogen) atoms. The molecule has 0 unspecified atom stereocenters. The zero-order valence-corrected chi connectivity index (χ0v) is 17.5. The molecule has 1 amide bonds. The van der Waals surface area contributed by atoms with E-state index in [4.69, 9.17) is 0 Å². The van der Waals surface area contributed by atoms with Crippen LogP contribution >= 0.6 is 11.8 Å². The molecular formula is C18H25N5O3S2. The van der Waals surface area contributed by atoms with Gasteiger partial charge in [-0.05, 0) is 43.9 Å². The highest BCUT2D eigenvalue weighted by molar-refractivity contribution is 7.99. The van der Waals surface area contributed by atoms with E-state index in [-0.39, 0.29) is 5.91 Å². The molecule has 1 aliphatic rings. The molecule has 0 saturated carbocycles. The van der Waals surface area contributed by atoms with Crippen molar-refractivity contribution in [3.63, 3.8) is 0 Å². The maximum atomic E-state index is 12.5. The van der Waals surface area contributed by atoms with E-state index < -0.39 is 10.0 Å². The molecule has 0 atom stereocenters. The van der Waals surface area contributed by atoms with Gasteiger partial charge in [0.15, 0.2) is 0 Å². The Balaban J connectivity index is 1.40. The Kier molecular flexibility index (Phi) is 7.08. The van der Waals surface area contributed by atoms with Crippen molar-refractivity contribution in [1.82, 2.24) is 24.8 Å². The van der Waals surface area contributed by atoms with Crippen LogP contribution < -0.4 is 5.32 Å². The zero-order valence-electron chi connectivity index (χ0n) is 15.8. The maximum absolute atomic E-state index is 12.5. The molecule has 2 aromatic rings. The largest absolute Gasteiger partial charge is 0.355 e. The molecule has 1 saturated heterocycles. The average molecular weight is 424 g/mol. The van der Waals surface area contributed by atoms with E-state index >= 15 is 0 Å². The van der Waals surface area contributed by atoms with Crippen LogP contribution in [0.15, 0.2) is 34.3 Å². The molecule has 0 bridgehead atoms. The lowest BCUT2D eigenvalue weighted by Crippen LogP contribution is -2.27. The summed E-state index contributed by atoms with van der Waals surface area (Å²) in [4.78, 5) is 16.5. The van der Waals surface area contributed by atoms with E-state index in [0.29, 0.717) is 48.3 Å². The third-order valence-electron chi connectivity index (χ3n) is 4.50. The Morgan fingerprint density at radius 1 is 1.25 bits per heavy atom. The highest BCUT2D eigenvalue weighted by atomic mass is 32.2. The fourth-order valence-corrected chi connectivity index (χ4v) is 5.19. The molecule has 1 aromatic heterocycles. The lowest BCUT2D eigenvalue weighted by molar-refractivity contribution is -0.120. The van der Waals surface area contributed by atoms with Crippen molar-refractivity contribution in [1.29, 1.82) is 0 Å². The summed E-state index contributed by atoms with van der Waals surface area (Å²) < 4.78 is 26.6. The van der Waals surface area contributed by atoms with E-state index in [9.17, 15) is 13.2 Å². The molecule has 2 heterocycles.